The molecule has 16 heavy (non-hydrogen) atoms. The Balaban J connectivity index is 2.93. The number of halogens is 1. The average Bonchev–Trinajstić information content (AvgIpc) is 2.17. The highest BCUT2D eigenvalue weighted by Gasteiger charge is 2.18. The first-order valence-corrected chi connectivity index (χ1v) is 6.51. The standard InChI is InChI=1S/C12H16ClNOS/c1-9-5-6-11(13)7-10(9)8-14-16(15)12(2,3)4/h5-8H,1-4H3/b14-8+/t16-/m1/s1. The molecule has 0 unspecified atom stereocenters. The van der Waals surface area contributed by atoms with Crippen molar-refractivity contribution in [3.8, 4) is 0 Å². The van der Waals surface area contributed by atoms with E-state index >= 15 is 0 Å². The summed E-state index contributed by atoms with van der Waals surface area (Å²) < 4.78 is 15.4. The second-order valence-electron chi connectivity index (χ2n) is 4.60. The van der Waals surface area contributed by atoms with Crippen LogP contribution in [0.3, 0.4) is 0 Å². The van der Waals surface area contributed by atoms with Gasteiger partial charge in [0.2, 0.25) is 0 Å². The third kappa shape index (κ3) is 3.72. The fourth-order valence-electron chi connectivity index (χ4n) is 1.01. The predicted octanol–water partition coefficient (Wildman–Crippen LogP) is 3.53. The Morgan fingerprint density at radius 1 is 1.38 bits per heavy atom. The summed E-state index contributed by atoms with van der Waals surface area (Å²) in [5.74, 6) is 0. The largest absolute Gasteiger partial charge is 0.234 e. The quantitative estimate of drug-likeness (QED) is 0.746. The number of nitrogens with zero attached hydrogens (tertiary/aromatic N) is 1. The molecule has 4 heteroatoms. The van der Waals surface area contributed by atoms with Gasteiger partial charge in [-0.05, 0) is 51.0 Å². The monoisotopic (exact) mass is 257 g/mol. The summed E-state index contributed by atoms with van der Waals surface area (Å²) in [5.41, 5.74) is 1.98. The zero-order chi connectivity index (χ0) is 12.3. The van der Waals surface area contributed by atoms with Crippen molar-refractivity contribution >= 4 is 28.8 Å². The van der Waals surface area contributed by atoms with E-state index in [2.05, 4.69) is 4.40 Å². The number of aryl methyl sites for hydroxylation is 1. The Morgan fingerprint density at radius 3 is 2.56 bits per heavy atom. The van der Waals surface area contributed by atoms with Crippen molar-refractivity contribution in [3.05, 3.63) is 34.3 Å². The Kier molecular flexibility index (Phi) is 4.28. The maximum absolute atomic E-state index is 11.7. The topological polar surface area (TPSA) is 29.4 Å². The summed E-state index contributed by atoms with van der Waals surface area (Å²) in [4.78, 5) is 0. The van der Waals surface area contributed by atoms with Crippen LogP contribution in [0, 0.1) is 6.92 Å². The van der Waals surface area contributed by atoms with Gasteiger partial charge in [-0.2, -0.15) is 4.40 Å². The van der Waals surface area contributed by atoms with E-state index in [-0.39, 0.29) is 4.75 Å². The molecule has 1 rings (SSSR count). The van der Waals surface area contributed by atoms with Crippen LogP contribution in [0.2, 0.25) is 5.02 Å². The molecule has 0 fully saturated rings. The molecule has 0 heterocycles. The highest BCUT2D eigenvalue weighted by atomic mass is 35.5. The van der Waals surface area contributed by atoms with Gasteiger partial charge in [-0.1, -0.05) is 17.7 Å². The number of hydrogen-bond donors (Lipinski definition) is 0. The molecule has 0 aliphatic heterocycles. The first kappa shape index (κ1) is 13.4. The SMILES string of the molecule is Cc1ccc(Cl)cc1/C=N/[S@](=O)C(C)(C)C. The summed E-state index contributed by atoms with van der Waals surface area (Å²) in [5, 5.41) is 0.661. The van der Waals surface area contributed by atoms with Crippen LogP contribution in [0.15, 0.2) is 22.6 Å². The van der Waals surface area contributed by atoms with Crippen molar-refractivity contribution in [1.82, 2.24) is 0 Å². The molecule has 0 amide bonds. The van der Waals surface area contributed by atoms with Gasteiger partial charge >= 0.3 is 0 Å². The number of rotatable bonds is 2. The van der Waals surface area contributed by atoms with Crippen LogP contribution in [-0.2, 0) is 11.0 Å². The van der Waals surface area contributed by atoms with Crippen molar-refractivity contribution < 1.29 is 4.21 Å². The number of benzene rings is 1. The lowest BCUT2D eigenvalue weighted by molar-refractivity contribution is 0.651. The fraction of sp³-hybridized carbons (Fsp3) is 0.417. The van der Waals surface area contributed by atoms with Crippen LogP contribution in [0.4, 0.5) is 0 Å². The van der Waals surface area contributed by atoms with E-state index in [4.69, 9.17) is 11.6 Å². The van der Waals surface area contributed by atoms with Gasteiger partial charge in [-0.15, -0.1) is 0 Å². The molecule has 0 radical (unpaired) electrons. The molecule has 0 N–H and O–H groups in total. The second-order valence-corrected chi connectivity index (χ2v) is 6.97. The van der Waals surface area contributed by atoms with E-state index in [9.17, 15) is 4.21 Å². The molecule has 0 aromatic heterocycles. The Labute approximate surface area is 104 Å². The van der Waals surface area contributed by atoms with E-state index in [0.717, 1.165) is 11.1 Å². The molecule has 2 nitrogen and oxygen atoms in total. The molecule has 0 saturated carbocycles. The second kappa shape index (κ2) is 5.11. The summed E-state index contributed by atoms with van der Waals surface area (Å²) in [6.07, 6.45) is 1.63. The summed E-state index contributed by atoms with van der Waals surface area (Å²) in [7, 11) is -1.23. The van der Waals surface area contributed by atoms with Gasteiger partial charge in [0.05, 0.1) is 4.75 Å². The van der Waals surface area contributed by atoms with Crippen molar-refractivity contribution in [2.24, 2.45) is 4.40 Å². The molecule has 0 saturated heterocycles. The van der Waals surface area contributed by atoms with Crippen molar-refractivity contribution in [3.63, 3.8) is 0 Å². The molecular formula is C12H16ClNOS. The fourth-order valence-corrected chi connectivity index (χ4v) is 1.72. The highest BCUT2D eigenvalue weighted by molar-refractivity contribution is 7.85. The molecule has 0 aliphatic carbocycles. The van der Waals surface area contributed by atoms with Crippen LogP contribution in [0.5, 0.6) is 0 Å². The molecule has 0 spiro atoms. The zero-order valence-corrected chi connectivity index (χ0v) is 11.5. The first-order valence-electron chi connectivity index (χ1n) is 5.03. The van der Waals surface area contributed by atoms with Gasteiger partial charge in [0.1, 0.15) is 11.0 Å². The van der Waals surface area contributed by atoms with Gasteiger partial charge in [-0.3, -0.25) is 0 Å². The van der Waals surface area contributed by atoms with Crippen LogP contribution in [0.25, 0.3) is 0 Å². The third-order valence-electron chi connectivity index (χ3n) is 2.05. The Bertz CT molecular complexity index is 435. The molecule has 1 aromatic rings. The van der Waals surface area contributed by atoms with Gasteiger partial charge in [0.15, 0.2) is 0 Å². The molecule has 88 valence electrons. The van der Waals surface area contributed by atoms with Crippen molar-refractivity contribution in [1.29, 1.82) is 0 Å². The zero-order valence-electron chi connectivity index (χ0n) is 9.95. The first-order chi connectivity index (χ1) is 7.30. The lowest BCUT2D eigenvalue weighted by Gasteiger charge is -2.12. The molecule has 1 aromatic carbocycles. The molecule has 0 aliphatic rings. The number of hydrogen-bond acceptors (Lipinski definition) is 1. The highest BCUT2D eigenvalue weighted by Crippen LogP contribution is 2.15. The van der Waals surface area contributed by atoms with E-state index in [0.29, 0.717) is 5.02 Å². The molecular weight excluding hydrogens is 242 g/mol. The lowest BCUT2D eigenvalue weighted by atomic mass is 10.1. The predicted molar refractivity (Wildman–Crippen MR) is 71.7 cm³/mol. The molecule has 0 bridgehead atoms. The Hall–Kier alpha value is -0.670. The van der Waals surface area contributed by atoms with Gasteiger partial charge in [0, 0.05) is 11.2 Å². The lowest BCUT2D eigenvalue weighted by Crippen LogP contribution is -2.19. The van der Waals surface area contributed by atoms with Crippen LogP contribution < -0.4 is 0 Å². The van der Waals surface area contributed by atoms with Gasteiger partial charge in [-0.25, -0.2) is 4.21 Å². The van der Waals surface area contributed by atoms with Crippen LogP contribution in [-0.4, -0.2) is 15.2 Å². The minimum Gasteiger partial charge on any atom is -0.234 e. The molecule has 1 atom stereocenters. The maximum atomic E-state index is 11.7. The average molecular weight is 258 g/mol. The third-order valence-corrected chi connectivity index (χ3v) is 3.63. The normalized spacial score (nSPS) is 14.3. The summed E-state index contributed by atoms with van der Waals surface area (Å²) in [6.45, 7) is 7.65. The summed E-state index contributed by atoms with van der Waals surface area (Å²) in [6, 6.07) is 5.57. The van der Waals surface area contributed by atoms with Crippen LogP contribution in [0.1, 0.15) is 31.9 Å². The summed E-state index contributed by atoms with van der Waals surface area (Å²) >= 11 is 5.88. The Morgan fingerprint density at radius 2 is 2.00 bits per heavy atom. The minimum atomic E-state index is -1.23. The van der Waals surface area contributed by atoms with E-state index in [1.807, 2.05) is 45.9 Å². The van der Waals surface area contributed by atoms with Gasteiger partial charge < -0.3 is 0 Å². The smallest absolute Gasteiger partial charge is 0.144 e. The van der Waals surface area contributed by atoms with E-state index < -0.39 is 11.0 Å². The minimum absolute atomic E-state index is 0.330. The van der Waals surface area contributed by atoms with Crippen molar-refractivity contribution in [2.75, 3.05) is 0 Å². The van der Waals surface area contributed by atoms with Crippen LogP contribution >= 0.6 is 11.6 Å². The van der Waals surface area contributed by atoms with E-state index in [1.165, 1.54) is 0 Å². The van der Waals surface area contributed by atoms with Crippen molar-refractivity contribution in [2.45, 2.75) is 32.4 Å². The van der Waals surface area contributed by atoms with Gasteiger partial charge in [0.25, 0.3) is 0 Å². The van der Waals surface area contributed by atoms with E-state index in [1.54, 1.807) is 6.21 Å². The maximum Gasteiger partial charge on any atom is 0.144 e.